The highest BCUT2D eigenvalue weighted by molar-refractivity contribution is 7.80. The Morgan fingerprint density at radius 3 is 2.45 bits per heavy atom. The third-order valence-electron chi connectivity index (χ3n) is 2.60. The van der Waals surface area contributed by atoms with E-state index >= 15 is 0 Å². The van der Waals surface area contributed by atoms with Crippen LogP contribution in [-0.2, 0) is 4.74 Å². The lowest BCUT2D eigenvalue weighted by atomic mass is 10.2. The molecular formula is C13H24N4O2S. The molecule has 0 spiro atoms. The molecule has 1 heterocycles. The highest BCUT2D eigenvalue weighted by Gasteiger charge is 2.25. The van der Waals surface area contributed by atoms with E-state index in [0.717, 1.165) is 0 Å². The van der Waals surface area contributed by atoms with Gasteiger partial charge < -0.3 is 15.0 Å². The quantitative estimate of drug-likeness (QED) is 0.601. The monoisotopic (exact) mass is 300 g/mol. The molecule has 0 aliphatic carbocycles. The summed E-state index contributed by atoms with van der Waals surface area (Å²) < 4.78 is 5.35. The molecule has 1 aliphatic rings. The molecule has 0 aromatic heterocycles. The summed E-state index contributed by atoms with van der Waals surface area (Å²) in [5.41, 5.74) is 2.63. The Kier molecular flexibility index (Phi) is 6.22. The molecule has 0 saturated carbocycles. The maximum Gasteiger partial charge on any atom is 0.410 e. The van der Waals surface area contributed by atoms with Crippen LogP contribution in [0.5, 0.6) is 0 Å². The van der Waals surface area contributed by atoms with Gasteiger partial charge in [0.25, 0.3) is 0 Å². The summed E-state index contributed by atoms with van der Waals surface area (Å²) in [5, 5.41) is 5.55. The van der Waals surface area contributed by atoms with Crippen molar-refractivity contribution in [1.82, 2.24) is 20.7 Å². The number of carbonyl (C=O) groups excluding carboxylic acids is 1. The number of hydrazine groups is 1. The first kappa shape index (κ1) is 16.7. The van der Waals surface area contributed by atoms with Crippen molar-refractivity contribution >= 4 is 23.4 Å². The van der Waals surface area contributed by atoms with E-state index in [4.69, 9.17) is 17.0 Å². The minimum absolute atomic E-state index is 0.260. The van der Waals surface area contributed by atoms with Crippen molar-refractivity contribution in [3.05, 3.63) is 12.7 Å². The van der Waals surface area contributed by atoms with Crippen molar-refractivity contribution < 1.29 is 9.53 Å². The van der Waals surface area contributed by atoms with Gasteiger partial charge in [0.2, 0.25) is 0 Å². The van der Waals surface area contributed by atoms with E-state index in [1.807, 2.05) is 25.8 Å². The third-order valence-corrected chi connectivity index (χ3v) is 2.83. The Hall–Kier alpha value is -1.34. The number of rotatable bonds is 3. The molecule has 1 saturated heterocycles. The minimum Gasteiger partial charge on any atom is -0.444 e. The number of hydrogen-bond acceptors (Lipinski definition) is 4. The zero-order chi connectivity index (χ0) is 15.2. The van der Waals surface area contributed by atoms with E-state index in [9.17, 15) is 4.79 Å². The first-order valence-electron chi connectivity index (χ1n) is 6.70. The number of nitrogens with zero attached hydrogens (tertiary/aromatic N) is 2. The van der Waals surface area contributed by atoms with Crippen molar-refractivity contribution in [2.24, 2.45) is 0 Å². The van der Waals surface area contributed by atoms with Crippen LogP contribution in [-0.4, -0.2) is 59.4 Å². The Morgan fingerprint density at radius 2 is 1.95 bits per heavy atom. The van der Waals surface area contributed by atoms with Crippen molar-refractivity contribution in [2.45, 2.75) is 26.4 Å². The molecule has 0 aromatic rings. The maximum absolute atomic E-state index is 11.9. The van der Waals surface area contributed by atoms with E-state index in [-0.39, 0.29) is 6.09 Å². The summed E-state index contributed by atoms with van der Waals surface area (Å²) in [5.74, 6) is 0. The first-order valence-corrected chi connectivity index (χ1v) is 7.11. The molecule has 1 aliphatic heterocycles. The van der Waals surface area contributed by atoms with Crippen LogP contribution in [0.2, 0.25) is 0 Å². The van der Waals surface area contributed by atoms with Gasteiger partial charge in [-0.1, -0.05) is 6.08 Å². The second-order valence-corrected chi connectivity index (χ2v) is 5.97. The van der Waals surface area contributed by atoms with E-state index in [1.54, 1.807) is 11.0 Å². The zero-order valence-corrected chi connectivity index (χ0v) is 13.3. The lowest BCUT2D eigenvalue weighted by Gasteiger charge is -2.35. The van der Waals surface area contributed by atoms with Gasteiger partial charge in [0.15, 0.2) is 5.11 Å². The van der Waals surface area contributed by atoms with Gasteiger partial charge in [-0.3, -0.25) is 5.43 Å². The fourth-order valence-electron chi connectivity index (χ4n) is 1.68. The Morgan fingerprint density at radius 1 is 1.35 bits per heavy atom. The van der Waals surface area contributed by atoms with Gasteiger partial charge in [-0.15, -0.1) is 6.58 Å². The standard InChI is InChI=1S/C13H24N4O2S/c1-5-6-14-11(20)15-17-9-7-16(8-10-17)12(18)19-13(2,3)4/h5H,1,6-10H2,2-4H3,(H2,14,15,20). The fraction of sp³-hybridized carbons (Fsp3) is 0.692. The van der Waals surface area contributed by atoms with Gasteiger partial charge >= 0.3 is 6.09 Å². The van der Waals surface area contributed by atoms with Crippen molar-refractivity contribution in [2.75, 3.05) is 32.7 Å². The Balaban J connectivity index is 2.31. The van der Waals surface area contributed by atoms with E-state index < -0.39 is 5.60 Å². The summed E-state index contributed by atoms with van der Waals surface area (Å²) in [6.45, 7) is 12.5. The third kappa shape index (κ3) is 6.21. The van der Waals surface area contributed by atoms with Crippen LogP contribution in [0.1, 0.15) is 20.8 Å². The minimum atomic E-state index is -0.456. The molecule has 0 unspecified atom stereocenters. The molecule has 2 N–H and O–H groups in total. The topological polar surface area (TPSA) is 56.8 Å². The maximum atomic E-state index is 11.9. The van der Waals surface area contributed by atoms with Gasteiger partial charge in [-0.2, -0.15) is 0 Å². The van der Waals surface area contributed by atoms with Crippen molar-refractivity contribution in [3.63, 3.8) is 0 Å². The number of amides is 1. The molecule has 1 amide bonds. The summed E-state index contributed by atoms with van der Waals surface area (Å²) in [4.78, 5) is 13.6. The number of thiocarbonyl (C=S) groups is 1. The molecule has 0 aromatic carbocycles. The normalized spacial score (nSPS) is 16.4. The molecule has 1 rings (SSSR count). The van der Waals surface area contributed by atoms with Crippen LogP contribution in [0.3, 0.4) is 0 Å². The number of nitrogens with one attached hydrogen (secondary N) is 2. The highest BCUT2D eigenvalue weighted by Crippen LogP contribution is 2.11. The number of carbonyl (C=O) groups is 1. The molecule has 0 atom stereocenters. The molecule has 0 radical (unpaired) electrons. The van der Waals surface area contributed by atoms with Gasteiger partial charge in [-0.05, 0) is 33.0 Å². The predicted octanol–water partition coefficient (Wildman–Crippen LogP) is 1.10. The van der Waals surface area contributed by atoms with Gasteiger partial charge in [0.1, 0.15) is 5.60 Å². The predicted molar refractivity (Wildman–Crippen MR) is 83.3 cm³/mol. The van der Waals surface area contributed by atoms with Crippen LogP contribution < -0.4 is 10.7 Å². The van der Waals surface area contributed by atoms with E-state index in [1.165, 1.54) is 0 Å². The molecule has 7 heteroatoms. The number of ether oxygens (including phenoxy) is 1. The van der Waals surface area contributed by atoms with E-state index in [2.05, 4.69) is 17.3 Å². The van der Waals surface area contributed by atoms with Gasteiger partial charge in [0.05, 0.1) is 0 Å². The van der Waals surface area contributed by atoms with Crippen LogP contribution in [0.4, 0.5) is 4.79 Å². The second-order valence-electron chi connectivity index (χ2n) is 5.56. The molecule has 114 valence electrons. The zero-order valence-electron chi connectivity index (χ0n) is 12.4. The average molecular weight is 300 g/mol. The summed E-state index contributed by atoms with van der Waals surface area (Å²) in [6.07, 6.45) is 1.48. The average Bonchev–Trinajstić information content (AvgIpc) is 2.35. The van der Waals surface area contributed by atoms with Gasteiger partial charge in [0, 0.05) is 32.7 Å². The Bertz CT molecular complexity index is 360. The van der Waals surface area contributed by atoms with Crippen molar-refractivity contribution in [1.29, 1.82) is 0 Å². The van der Waals surface area contributed by atoms with Crippen molar-refractivity contribution in [3.8, 4) is 0 Å². The Labute approximate surface area is 126 Å². The highest BCUT2D eigenvalue weighted by atomic mass is 32.1. The van der Waals surface area contributed by atoms with Crippen LogP contribution in [0.25, 0.3) is 0 Å². The van der Waals surface area contributed by atoms with Gasteiger partial charge in [-0.25, -0.2) is 9.80 Å². The molecule has 0 bridgehead atoms. The smallest absolute Gasteiger partial charge is 0.410 e. The van der Waals surface area contributed by atoms with Crippen LogP contribution in [0, 0.1) is 0 Å². The molecular weight excluding hydrogens is 276 g/mol. The molecule has 6 nitrogen and oxygen atoms in total. The summed E-state index contributed by atoms with van der Waals surface area (Å²) in [7, 11) is 0. The largest absolute Gasteiger partial charge is 0.444 e. The molecule has 1 fully saturated rings. The lowest BCUT2D eigenvalue weighted by molar-refractivity contribution is 0.0121. The fourth-order valence-corrected chi connectivity index (χ4v) is 1.89. The summed E-state index contributed by atoms with van der Waals surface area (Å²) >= 11 is 5.14. The lowest BCUT2D eigenvalue weighted by Crippen LogP contribution is -2.56. The number of hydrogen-bond donors (Lipinski definition) is 2. The van der Waals surface area contributed by atoms with Crippen LogP contribution >= 0.6 is 12.2 Å². The SMILES string of the molecule is C=CCNC(=S)NN1CCN(C(=O)OC(C)(C)C)CC1. The molecule has 20 heavy (non-hydrogen) atoms. The first-order chi connectivity index (χ1) is 9.31. The number of piperazine rings is 1. The summed E-state index contributed by atoms with van der Waals surface area (Å²) in [6, 6.07) is 0. The van der Waals surface area contributed by atoms with E-state index in [0.29, 0.717) is 37.8 Å². The van der Waals surface area contributed by atoms with Crippen LogP contribution in [0.15, 0.2) is 12.7 Å². The second kappa shape index (κ2) is 7.44.